The zero-order valence-electron chi connectivity index (χ0n) is 9.42. The summed E-state index contributed by atoms with van der Waals surface area (Å²) in [4.78, 5) is 0. The Morgan fingerprint density at radius 3 is 2.71 bits per heavy atom. The van der Waals surface area contributed by atoms with Crippen LogP contribution in [0.4, 0.5) is 0 Å². The lowest BCUT2D eigenvalue weighted by Gasteiger charge is -2.29. The summed E-state index contributed by atoms with van der Waals surface area (Å²) < 4.78 is 5.58. The number of rotatable bonds is 3. The van der Waals surface area contributed by atoms with E-state index in [4.69, 9.17) is 4.74 Å². The van der Waals surface area contributed by atoms with Gasteiger partial charge in [-0.2, -0.15) is 0 Å². The number of hydrogen-bond acceptors (Lipinski definition) is 1. The van der Waals surface area contributed by atoms with Gasteiger partial charge in [0.25, 0.3) is 0 Å². The summed E-state index contributed by atoms with van der Waals surface area (Å²) in [6.45, 7) is 11.2. The molecule has 0 amide bonds. The zero-order chi connectivity index (χ0) is 10.6. The van der Waals surface area contributed by atoms with E-state index in [2.05, 4.69) is 32.6 Å². The number of ether oxygens (including phenoxy) is 1. The van der Waals surface area contributed by atoms with Crippen LogP contribution in [0.3, 0.4) is 0 Å². The first kappa shape index (κ1) is 11.1. The molecule has 78 valence electrons. The molecule has 0 bridgehead atoms. The van der Waals surface area contributed by atoms with Gasteiger partial charge in [-0.1, -0.05) is 32.6 Å². The minimum Gasteiger partial charge on any atom is -0.493 e. The van der Waals surface area contributed by atoms with Gasteiger partial charge < -0.3 is 4.74 Å². The molecular formula is C13H20O. The smallest absolute Gasteiger partial charge is 0.122 e. The molecule has 0 aromatic carbocycles. The van der Waals surface area contributed by atoms with E-state index in [1.54, 1.807) is 0 Å². The Hall–Kier alpha value is -0.980. The molecule has 1 nitrogen and oxygen atoms in total. The second-order valence-electron chi connectivity index (χ2n) is 4.01. The average Bonchev–Trinajstić information content (AvgIpc) is 2.18. The van der Waals surface area contributed by atoms with Crippen LogP contribution in [0.5, 0.6) is 0 Å². The Labute approximate surface area is 87.2 Å². The third-order valence-corrected chi connectivity index (χ3v) is 2.71. The highest BCUT2D eigenvalue weighted by molar-refractivity contribution is 5.32. The zero-order valence-corrected chi connectivity index (χ0v) is 9.42. The molecule has 0 aliphatic carbocycles. The highest BCUT2D eigenvalue weighted by atomic mass is 16.5. The maximum atomic E-state index is 5.58. The standard InChI is InChI=1S/C13H20O/c1-5-7-12-11(10(3)4)8-9-14-13(12)6-2/h5-7,10-11H,2,8-9H2,1,3-4H3/b7-5-. The summed E-state index contributed by atoms with van der Waals surface area (Å²) >= 11 is 0. The molecule has 0 radical (unpaired) electrons. The molecule has 1 aliphatic heterocycles. The van der Waals surface area contributed by atoms with Crippen molar-refractivity contribution >= 4 is 0 Å². The second-order valence-corrected chi connectivity index (χ2v) is 4.01. The largest absolute Gasteiger partial charge is 0.493 e. The molecule has 14 heavy (non-hydrogen) atoms. The van der Waals surface area contributed by atoms with Crippen molar-refractivity contribution in [2.45, 2.75) is 27.2 Å². The molecular weight excluding hydrogens is 172 g/mol. The van der Waals surface area contributed by atoms with E-state index in [9.17, 15) is 0 Å². The van der Waals surface area contributed by atoms with E-state index in [0.29, 0.717) is 11.8 Å². The lowest BCUT2D eigenvalue weighted by molar-refractivity contribution is 0.164. The van der Waals surface area contributed by atoms with E-state index in [0.717, 1.165) is 18.8 Å². The van der Waals surface area contributed by atoms with Gasteiger partial charge in [0, 0.05) is 0 Å². The third kappa shape index (κ3) is 2.28. The Morgan fingerprint density at radius 1 is 1.50 bits per heavy atom. The van der Waals surface area contributed by atoms with Crippen molar-refractivity contribution in [3.05, 3.63) is 36.1 Å². The van der Waals surface area contributed by atoms with Gasteiger partial charge >= 0.3 is 0 Å². The Bertz CT molecular complexity index is 258. The Kier molecular flexibility index (Phi) is 3.99. The molecule has 0 spiro atoms. The predicted octanol–water partition coefficient (Wildman–Crippen LogP) is 3.70. The predicted molar refractivity (Wildman–Crippen MR) is 60.9 cm³/mol. The fourth-order valence-electron chi connectivity index (χ4n) is 1.97. The second kappa shape index (κ2) is 5.04. The van der Waals surface area contributed by atoms with Crippen LogP contribution in [-0.4, -0.2) is 6.61 Å². The lowest BCUT2D eigenvalue weighted by atomic mass is 9.83. The number of allylic oxidation sites excluding steroid dienone is 4. The van der Waals surface area contributed by atoms with Crippen molar-refractivity contribution in [2.75, 3.05) is 6.61 Å². The van der Waals surface area contributed by atoms with E-state index in [1.807, 2.05) is 13.0 Å². The summed E-state index contributed by atoms with van der Waals surface area (Å²) in [7, 11) is 0. The van der Waals surface area contributed by atoms with Gasteiger partial charge in [-0.3, -0.25) is 0 Å². The van der Waals surface area contributed by atoms with Gasteiger partial charge in [0.15, 0.2) is 0 Å². The molecule has 1 heteroatoms. The van der Waals surface area contributed by atoms with Gasteiger partial charge in [0.1, 0.15) is 5.76 Å². The first-order chi connectivity index (χ1) is 6.70. The highest BCUT2D eigenvalue weighted by Crippen LogP contribution is 2.32. The van der Waals surface area contributed by atoms with Gasteiger partial charge in [0.05, 0.1) is 6.61 Å². The number of hydrogen-bond donors (Lipinski definition) is 0. The van der Waals surface area contributed by atoms with Gasteiger partial charge in [-0.15, -0.1) is 0 Å². The summed E-state index contributed by atoms with van der Waals surface area (Å²) in [5.74, 6) is 2.25. The summed E-state index contributed by atoms with van der Waals surface area (Å²) in [5.41, 5.74) is 1.31. The molecule has 1 heterocycles. The highest BCUT2D eigenvalue weighted by Gasteiger charge is 2.23. The fourth-order valence-corrected chi connectivity index (χ4v) is 1.97. The first-order valence-electron chi connectivity index (χ1n) is 5.32. The molecule has 0 saturated carbocycles. The van der Waals surface area contributed by atoms with Crippen molar-refractivity contribution in [1.82, 2.24) is 0 Å². The maximum absolute atomic E-state index is 5.58. The molecule has 1 atom stereocenters. The molecule has 1 unspecified atom stereocenters. The van der Waals surface area contributed by atoms with Crippen molar-refractivity contribution in [1.29, 1.82) is 0 Å². The SMILES string of the molecule is C=CC1=C(/C=C\C)C(C(C)C)CCO1. The average molecular weight is 192 g/mol. The van der Waals surface area contributed by atoms with Crippen LogP contribution >= 0.6 is 0 Å². The Balaban J connectivity index is 3.01. The first-order valence-corrected chi connectivity index (χ1v) is 5.32. The topological polar surface area (TPSA) is 9.23 Å². The van der Waals surface area contributed by atoms with Crippen LogP contribution in [0, 0.1) is 11.8 Å². The van der Waals surface area contributed by atoms with Crippen molar-refractivity contribution < 1.29 is 4.74 Å². The monoisotopic (exact) mass is 192 g/mol. The van der Waals surface area contributed by atoms with Gasteiger partial charge in [-0.25, -0.2) is 0 Å². The van der Waals surface area contributed by atoms with Crippen molar-refractivity contribution in [3.63, 3.8) is 0 Å². The van der Waals surface area contributed by atoms with E-state index >= 15 is 0 Å². The van der Waals surface area contributed by atoms with Crippen LogP contribution < -0.4 is 0 Å². The lowest BCUT2D eigenvalue weighted by Crippen LogP contribution is -2.20. The molecule has 0 aromatic heterocycles. The normalized spacial score (nSPS) is 23.0. The minimum atomic E-state index is 0.618. The summed E-state index contributed by atoms with van der Waals surface area (Å²) in [5, 5.41) is 0. The fraction of sp³-hybridized carbons (Fsp3) is 0.538. The molecule has 1 rings (SSSR count). The molecule has 0 N–H and O–H groups in total. The quantitative estimate of drug-likeness (QED) is 0.662. The van der Waals surface area contributed by atoms with Crippen LogP contribution in [0.2, 0.25) is 0 Å². The molecule has 0 fully saturated rings. The van der Waals surface area contributed by atoms with Crippen LogP contribution in [0.25, 0.3) is 0 Å². The van der Waals surface area contributed by atoms with E-state index < -0.39 is 0 Å². The molecule has 1 aliphatic rings. The van der Waals surface area contributed by atoms with Crippen LogP contribution in [0.1, 0.15) is 27.2 Å². The van der Waals surface area contributed by atoms with E-state index in [-0.39, 0.29) is 0 Å². The summed E-state index contributed by atoms with van der Waals surface area (Å²) in [6, 6.07) is 0. The maximum Gasteiger partial charge on any atom is 0.122 e. The van der Waals surface area contributed by atoms with Crippen LogP contribution in [-0.2, 0) is 4.74 Å². The van der Waals surface area contributed by atoms with Crippen molar-refractivity contribution in [3.8, 4) is 0 Å². The van der Waals surface area contributed by atoms with Crippen LogP contribution in [0.15, 0.2) is 36.1 Å². The summed E-state index contributed by atoms with van der Waals surface area (Å²) in [6.07, 6.45) is 7.17. The van der Waals surface area contributed by atoms with Gasteiger partial charge in [0.2, 0.25) is 0 Å². The third-order valence-electron chi connectivity index (χ3n) is 2.71. The molecule has 0 saturated heterocycles. The molecule has 0 aromatic rings. The Morgan fingerprint density at radius 2 is 2.21 bits per heavy atom. The van der Waals surface area contributed by atoms with E-state index in [1.165, 1.54) is 5.57 Å². The minimum absolute atomic E-state index is 0.618. The van der Waals surface area contributed by atoms with Crippen molar-refractivity contribution in [2.24, 2.45) is 11.8 Å². The van der Waals surface area contributed by atoms with Gasteiger partial charge in [-0.05, 0) is 36.8 Å².